The van der Waals surface area contributed by atoms with Crippen LogP contribution in [0.15, 0.2) is 35.3 Å². The van der Waals surface area contributed by atoms with Gasteiger partial charge in [-0.1, -0.05) is 44.2 Å². The van der Waals surface area contributed by atoms with Crippen molar-refractivity contribution in [2.45, 2.75) is 39.3 Å². The maximum Gasteiger partial charge on any atom is 0.189 e. The van der Waals surface area contributed by atoms with Crippen molar-refractivity contribution < 1.29 is 0 Å². The van der Waals surface area contributed by atoms with E-state index in [1.165, 1.54) is 18.4 Å². The smallest absolute Gasteiger partial charge is 0.189 e. The summed E-state index contributed by atoms with van der Waals surface area (Å²) in [4.78, 5) is 4.40. The Balaban J connectivity index is 1.86. The van der Waals surface area contributed by atoms with Gasteiger partial charge in [0.1, 0.15) is 0 Å². The Bertz CT molecular complexity index is 399. The van der Waals surface area contributed by atoms with Crippen molar-refractivity contribution in [2.75, 3.05) is 0 Å². The quantitative estimate of drug-likeness (QED) is 0.635. The lowest BCUT2D eigenvalue weighted by molar-refractivity contribution is 0.402. The second-order valence-electron chi connectivity index (χ2n) is 5.35. The fraction of sp³-hybridized carbons (Fsp3) is 0.533. The molecule has 0 aliphatic heterocycles. The number of hydrogen-bond acceptors (Lipinski definition) is 1. The van der Waals surface area contributed by atoms with E-state index < -0.39 is 0 Å². The van der Waals surface area contributed by atoms with E-state index in [1.54, 1.807) is 0 Å². The molecule has 1 aromatic carbocycles. The van der Waals surface area contributed by atoms with Crippen LogP contribution in [0.2, 0.25) is 0 Å². The van der Waals surface area contributed by atoms with E-state index in [-0.39, 0.29) is 0 Å². The van der Waals surface area contributed by atoms with Gasteiger partial charge in [0.2, 0.25) is 0 Å². The molecule has 0 spiro atoms. The summed E-state index contributed by atoms with van der Waals surface area (Å²) in [5.74, 6) is 2.03. The van der Waals surface area contributed by atoms with Crippen molar-refractivity contribution in [1.29, 1.82) is 0 Å². The highest BCUT2D eigenvalue weighted by atomic mass is 15.1. The second-order valence-corrected chi connectivity index (χ2v) is 5.35. The molecule has 0 saturated heterocycles. The van der Waals surface area contributed by atoms with Gasteiger partial charge in [-0.3, -0.25) is 0 Å². The minimum Gasteiger partial charge on any atom is -0.370 e. The highest BCUT2D eigenvalue weighted by Crippen LogP contribution is 2.30. The van der Waals surface area contributed by atoms with Gasteiger partial charge in [-0.05, 0) is 30.2 Å². The van der Waals surface area contributed by atoms with Crippen LogP contribution in [0.4, 0.5) is 0 Å². The number of nitrogens with one attached hydrogen (secondary N) is 1. The Morgan fingerprint density at radius 2 is 2.00 bits per heavy atom. The van der Waals surface area contributed by atoms with Gasteiger partial charge in [0.25, 0.3) is 0 Å². The summed E-state index contributed by atoms with van der Waals surface area (Å²) >= 11 is 0. The average molecular weight is 245 g/mol. The van der Waals surface area contributed by atoms with Gasteiger partial charge in [0, 0.05) is 6.04 Å². The molecular formula is C15H23N3. The number of rotatable bonds is 3. The molecule has 1 aliphatic carbocycles. The maximum absolute atomic E-state index is 5.95. The Morgan fingerprint density at radius 1 is 1.28 bits per heavy atom. The Labute approximate surface area is 109 Å². The first-order valence-corrected chi connectivity index (χ1v) is 6.77. The SMILES string of the molecule is CC1CCC(NC(N)=NCc2ccccc2)C1C. The minimum absolute atomic E-state index is 0.486. The van der Waals surface area contributed by atoms with Crippen molar-refractivity contribution in [3.8, 4) is 0 Å². The third-order valence-corrected chi connectivity index (χ3v) is 4.07. The number of nitrogens with two attached hydrogens (primary N) is 1. The molecule has 0 aromatic heterocycles. The summed E-state index contributed by atoms with van der Waals surface area (Å²) in [5.41, 5.74) is 7.14. The Kier molecular flexibility index (Phi) is 4.24. The zero-order chi connectivity index (χ0) is 13.0. The third kappa shape index (κ3) is 3.25. The van der Waals surface area contributed by atoms with Crippen molar-refractivity contribution in [1.82, 2.24) is 5.32 Å². The highest BCUT2D eigenvalue weighted by molar-refractivity contribution is 5.78. The van der Waals surface area contributed by atoms with Crippen LogP contribution >= 0.6 is 0 Å². The minimum atomic E-state index is 0.486. The summed E-state index contributed by atoms with van der Waals surface area (Å²) in [5, 5.41) is 3.36. The normalized spacial score (nSPS) is 28.3. The molecule has 1 aliphatic rings. The van der Waals surface area contributed by atoms with E-state index in [4.69, 9.17) is 5.73 Å². The zero-order valence-corrected chi connectivity index (χ0v) is 11.3. The fourth-order valence-corrected chi connectivity index (χ4v) is 2.56. The molecule has 0 bridgehead atoms. The molecule has 0 heterocycles. The van der Waals surface area contributed by atoms with Crippen LogP contribution in [0.1, 0.15) is 32.3 Å². The van der Waals surface area contributed by atoms with Crippen molar-refractivity contribution >= 4 is 5.96 Å². The van der Waals surface area contributed by atoms with Crippen molar-refractivity contribution in [3.63, 3.8) is 0 Å². The molecule has 3 unspecified atom stereocenters. The number of benzene rings is 1. The van der Waals surface area contributed by atoms with Crippen LogP contribution in [-0.2, 0) is 6.54 Å². The predicted octanol–water partition coefficient (Wildman–Crippen LogP) is 2.53. The van der Waals surface area contributed by atoms with Gasteiger partial charge in [-0.25, -0.2) is 4.99 Å². The number of guanidine groups is 1. The first kappa shape index (κ1) is 12.9. The number of aliphatic imine (C=N–C) groups is 1. The zero-order valence-electron chi connectivity index (χ0n) is 11.3. The first-order chi connectivity index (χ1) is 8.66. The number of hydrogen-bond donors (Lipinski definition) is 2. The van der Waals surface area contributed by atoms with Crippen LogP contribution in [0.5, 0.6) is 0 Å². The van der Waals surface area contributed by atoms with Gasteiger partial charge >= 0.3 is 0 Å². The van der Waals surface area contributed by atoms with Crippen LogP contribution < -0.4 is 11.1 Å². The van der Waals surface area contributed by atoms with E-state index >= 15 is 0 Å². The molecule has 0 radical (unpaired) electrons. The first-order valence-electron chi connectivity index (χ1n) is 6.77. The summed E-state index contributed by atoms with van der Waals surface area (Å²) < 4.78 is 0. The molecule has 3 nitrogen and oxygen atoms in total. The molecule has 2 rings (SSSR count). The van der Waals surface area contributed by atoms with E-state index in [1.807, 2.05) is 18.2 Å². The van der Waals surface area contributed by atoms with Gasteiger partial charge in [-0.15, -0.1) is 0 Å². The second kappa shape index (κ2) is 5.89. The van der Waals surface area contributed by atoms with Gasteiger partial charge in [0.05, 0.1) is 6.54 Å². The van der Waals surface area contributed by atoms with Crippen LogP contribution in [-0.4, -0.2) is 12.0 Å². The van der Waals surface area contributed by atoms with Crippen molar-refractivity contribution in [2.24, 2.45) is 22.6 Å². The summed E-state index contributed by atoms with van der Waals surface area (Å²) in [7, 11) is 0. The summed E-state index contributed by atoms with van der Waals surface area (Å²) in [6.07, 6.45) is 2.48. The molecule has 3 N–H and O–H groups in total. The maximum atomic E-state index is 5.95. The molecule has 98 valence electrons. The van der Waals surface area contributed by atoms with E-state index in [9.17, 15) is 0 Å². The van der Waals surface area contributed by atoms with Gasteiger partial charge < -0.3 is 11.1 Å². The topological polar surface area (TPSA) is 50.4 Å². The van der Waals surface area contributed by atoms with Gasteiger partial charge in [0.15, 0.2) is 5.96 Å². The molecule has 1 saturated carbocycles. The molecule has 3 atom stereocenters. The average Bonchev–Trinajstić information content (AvgIpc) is 2.70. The lowest BCUT2D eigenvalue weighted by Crippen LogP contribution is -2.41. The monoisotopic (exact) mass is 245 g/mol. The molecule has 0 amide bonds. The Hall–Kier alpha value is -1.51. The van der Waals surface area contributed by atoms with E-state index in [2.05, 4.69) is 36.3 Å². The van der Waals surface area contributed by atoms with Crippen molar-refractivity contribution in [3.05, 3.63) is 35.9 Å². The Morgan fingerprint density at radius 3 is 2.61 bits per heavy atom. The molecule has 1 aromatic rings. The van der Waals surface area contributed by atoms with E-state index in [0.29, 0.717) is 24.5 Å². The van der Waals surface area contributed by atoms with Gasteiger partial charge in [-0.2, -0.15) is 0 Å². The highest BCUT2D eigenvalue weighted by Gasteiger charge is 2.29. The summed E-state index contributed by atoms with van der Waals surface area (Å²) in [6.45, 7) is 5.25. The van der Waals surface area contributed by atoms with Crippen LogP contribution in [0.25, 0.3) is 0 Å². The van der Waals surface area contributed by atoms with E-state index in [0.717, 1.165) is 5.92 Å². The summed E-state index contributed by atoms with van der Waals surface area (Å²) in [6, 6.07) is 10.7. The lowest BCUT2D eigenvalue weighted by Gasteiger charge is -2.20. The lowest BCUT2D eigenvalue weighted by atomic mass is 9.98. The third-order valence-electron chi connectivity index (χ3n) is 4.07. The molecule has 3 heteroatoms. The fourth-order valence-electron chi connectivity index (χ4n) is 2.56. The molecule has 18 heavy (non-hydrogen) atoms. The standard InChI is InChI=1S/C15H23N3/c1-11-8-9-14(12(11)2)18-15(16)17-10-13-6-4-3-5-7-13/h3-7,11-12,14H,8-10H2,1-2H3,(H3,16,17,18). The predicted molar refractivity (Wildman–Crippen MR) is 76.3 cm³/mol. The van der Waals surface area contributed by atoms with Crippen LogP contribution in [0.3, 0.4) is 0 Å². The molecular weight excluding hydrogens is 222 g/mol. The van der Waals surface area contributed by atoms with Crippen LogP contribution in [0, 0.1) is 11.8 Å². The number of nitrogens with zero attached hydrogens (tertiary/aromatic N) is 1. The largest absolute Gasteiger partial charge is 0.370 e. The molecule has 1 fully saturated rings.